The summed E-state index contributed by atoms with van der Waals surface area (Å²) < 4.78 is 11.1. The van der Waals surface area contributed by atoms with Gasteiger partial charge in [0.15, 0.2) is 0 Å². The molecule has 1 saturated heterocycles. The second-order valence-electron chi connectivity index (χ2n) is 7.00. The van der Waals surface area contributed by atoms with Gasteiger partial charge in [0.1, 0.15) is 11.4 Å². The highest BCUT2D eigenvalue weighted by Gasteiger charge is 2.20. The Morgan fingerprint density at radius 3 is 2.82 bits per heavy atom. The molecule has 1 atom stereocenters. The number of benzene rings is 1. The molecule has 0 radical (unpaired) electrons. The molecule has 28 heavy (non-hydrogen) atoms. The predicted molar refractivity (Wildman–Crippen MR) is 110 cm³/mol. The first-order valence-electron chi connectivity index (χ1n) is 9.80. The second kappa shape index (κ2) is 8.16. The summed E-state index contributed by atoms with van der Waals surface area (Å²) in [6.45, 7) is 7.81. The molecule has 2 aromatic heterocycles. The molecule has 0 amide bonds. The zero-order chi connectivity index (χ0) is 19.5. The molecule has 1 aliphatic rings. The van der Waals surface area contributed by atoms with Gasteiger partial charge in [-0.15, -0.1) is 0 Å². The van der Waals surface area contributed by atoms with Crippen molar-refractivity contribution < 1.29 is 9.47 Å². The van der Waals surface area contributed by atoms with Gasteiger partial charge in [0, 0.05) is 30.7 Å². The van der Waals surface area contributed by atoms with Crippen LogP contribution in [0, 0.1) is 0 Å². The van der Waals surface area contributed by atoms with Crippen molar-refractivity contribution in [2.75, 3.05) is 38.7 Å². The van der Waals surface area contributed by atoms with Gasteiger partial charge in [-0.1, -0.05) is 13.0 Å². The minimum absolute atomic E-state index is 0.310. The summed E-state index contributed by atoms with van der Waals surface area (Å²) in [5.41, 5.74) is 3.93. The van der Waals surface area contributed by atoms with E-state index in [1.54, 1.807) is 7.11 Å². The fraction of sp³-hybridized carbons (Fsp3) is 0.429. The van der Waals surface area contributed by atoms with E-state index in [0.717, 1.165) is 60.9 Å². The minimum Gasteiger partial charge on any atom is -0.495 e. The molecular weight excluding hydrogens is 354 g/mol. The molecule has 1 aliphatic heterocycles. The molecule has 0 aliphatic carbocycles. The molecule has 1 fully saturated rings. The normalized spacial score (nSPS) is 16.2. The molecule has 2 N–H and O–H groups in total. The zero-order valence-corrected chi connectivity index (χ0v) is 16.7. The van der Waals surface area contributed by atoms with Crippen LogP contribution in [0.15, 0.2) is 30.5 Å². The number of nitrogens with zero attached hydrogens (tertiary/aromatic N) is 3. The first-order valence-corrected chi connectivity index (χ1v) is 9.80. The third-order valence-electron chi connectivity index (χ3n) is 5.38. The Morgan fingerprint density at radius 2 is 2.07 bits per heavy atom. The Balaban J connectivity index is 1.59. The van der Waals surface area contributed by atoms with Gasteiger partial charge in [0.25, 0.3) is 0 Å². The first kappa shape index (κ1) is 18.7. The first-order chi connectivity index (χ1) is 13.7. The molecule has 0 spiro atoms. The second-order valence-corrected chi connectivity index (χ2v) is 7.00. The number of nitrogens with one attached hydrogen (secondary N) is 2. The lowest BCUT2D eigenvalue weighted by molar-refractivity contribution is 0.0198. The van der Waals surface area contributed by atoms with Gasteiger partial charge in [0.2, 0.25) is 5.95 Å². The monoisotopic (exact) mass is 381 g/mol. The van der Waals surface area contributed by atoms with Gasteiger partial charge in [-0.2, -0.15) is 4.98 Å². The summed E-state index contributed by atoms with van der Waals surface area (Å²) in [4.78, 5) is 14.9. The average Bonchev–Trinajstić information content (AvgIpc) is 3.22. The molecule has 4 rings (SSSR count). The van der Waals surface area contributed by atoms with Gasteiger partial charge in [0.05, 0.1) is 31.7 Å². The predicted octanol–water partition coefficient (Wildman–Crippen LogP) is 3.67. The van der Waals surface area contributed by atoms with Crippen molar-refractivity contribution in [2.45, 2.75) is 26.3 Å². The topological polar surface area (TPSA) is 75.3 Å². The van der Waals surface area contributed by atoms with Crippen LogP contribution < -0.4 is 10.1 Å². The molecule has 7 nitrogen and oxygen atoms in total. The maximum atomic E-state index is 5.66. The Hall–Kier alpha value is -2.64. The van der Waals surface area contributed by atoms with E-state index in [4.69, 9.17) is 9.47 Å². The number of hydrogen-bond acceptors (Lipinski definition) is 6. The van der Waals surface area contributed by atoms with Crippen molar-refractivity contribution in [1.29, 1.82) is 0 Å². The number of rotatable bonds is 6. The van der Waals surface area contributed by atoms with Crippen molar-refractivity contribution >= 4 is 22.7 Å². The standard InChI is InChI=1S/C21H27N5O2/c1-4-17-16-7-8-22-20(16)25-21(23-17)24-18-6-5-15(13-19(18)27-3)14(2)26-9-11-28-12-10-26/h5-8,13-14H,4,9-12H2,1-3H3,(H2,22,23,24,25)/t14-/m0/s1. The molecule has 0 saturated carbocycles. The largest absolute Gasteiger partial charge is 0.495 e. The lowest BCUT2D eigenvalue weighted by atomic mass is 10.1. The fourth-order valence-electron chi connectivity index (χ4n) is 3.70. The van der Waals surface area contributed by atoms with E-state index in [9.17, 15) is 0 Å². The molecule has 0 unspecified atom stereocenters. The Morgan fingerprint density at radius 1 is 1.25 bits per heavy atom. The number of methoxy groups -OCH3 is 1. The molecular formula is C21H27N5O2. The van der Waals surface area contributed by atoms with E-state index in [1.165, 1.54) is 5.56 Å². The summed E-state index contributed by atoms with van der Waals surface area (Å²) in [7, 11) is 1.69. The number of morpholine rings is 1. The van der Waals surface area contributed by atoms with E-state index < -0.39 is 0 Å². The number of ether oxygens (including phenoxy) is 2. The van der Waals surface area contributed by atoms with Crippen LogP contribution in [-0.4, -0.2) is 53.3 Å². The van der Waals surface area contributed by atoms with Crippen molar-refractivity contribution in [3.8, 4) is 5.75 Å². The summed E-state index contributed by atoms with van der Waals surface area (Å²) in [5, 5.41) is 4.39. The highest BCUT2D eigenvalue weighted by molar-refractivity contribution is 5.80. The van der Waals surface area contributed by atoms with Crippen molar-refractivity contribution in [1.82, 2.24) is 19.9 Å². The summed E-state index contributed by atoms with van der Waals surface area (Å²) in [6, 6.07) is 8.60. The van der Waals surface area contributed by atoms with Crippen LogP contribution in [0.3, 0.4) is 0 Å². The van der Waals surface area contributed by atoms with Crippen molar-refractivity contribution in [3.05, 3.63) is 41.7 Å². The molecule has 3 aromatic rings. The van der Waals surface area contributed by atoms with Gasteiger partial charge in [-0.3, -0.25) is 4.90 Å². The van der Waals surface area contributed by atoms with E-state index >= 15 is 0 Å². The summed E-state index contributed by atoms with van der Waals surface area (Å²) in [5.74, 6) is 1.35. The number of aromatic amines is 1. The molecule has 3 heterocycles. The number of H-pyrrole nitrogens is 1. The number of hydrogen-bond donors (Lipinski definition) is 2. The Kier molecular flexibility index (Phi) is 5.45. The lowest BCUT2D eigenvalue weighted by Crippen LogP contribution is -2.38. The molecule has 148 valence electrons. The fourth-order valence-corrected chi connectivity index (χ4v) is 3.70. The third kappa shape index (κ3) is 3.68. The van der Waals surface area contributed by atoms with Gasteiger partial charge in [-0.25, -0.2) is 4.98 Å². The van der Waals surface area contributed by atoms with E-state index in [2.05, 4.69) is 51.1 Å². The molecule has 0 bridgehead atoms. The number of aryl methyl sites for hydroxylation is 1. The average molecular weight is 381 g/mol. The maximum absolute atomic E-state index is 5.66. The third-order valence-corrected chi connectivity index (χ3v) is 5.38. The minimum atomic E-state index is 0.310. The highest BCUT2D eigenvalue weighted by Crippen LogP contribution is 2.32. The SMILES string of the molecule is CCc1nc(Nc2ccc([C@H](C)N3CCOCC3)cc2OC)nc2[nH]ccc12. The van der Waals surface area contributed by atoms with Crippen molar-refractivity contribution in [2.24, 2.45) is 0 Å². The van der Waals surface area contributed by atoms with Crippen LogP contribution in [0.1, 0.15) is 31.1 Å². The lowest BCUT2D eigenvalue weighted by Gasteiger charge is -2.32. The zero-order valence-electron chi connectivity index (χ0n) is 16.7. The molecule has 7 heteroatoms. The van der Waals surface area contributed by atoms with Crippen LogP contribution in [0.5, 0.6) is 5.75 Å². The van der Waals surface area contributed by atoms with Crippen molar-refractivity contribution in [3.63, 3.8) is 0 Å². The summed E-state index contributed by atoms with van der Waals surface area (Å²) in [6.07, 6.45) is 2.74. The highest BCUT2D eigenvalue weighted by atomic mass is 16.5. The quantitative estimate of drug-likeness (QED) is 0.679. The number of aromatic nitrogens is 3. The van der Waals surface area contributed by atoms with Crippen LogP contribution >= 0.6 is 0 Å². The Labute approximate surface area is 165 Å². The van der Waals surface area contributed by atoms with Gasteiger partial charge >= 0.3 is 0 Å². The van der Waals surface area contributed by atoms with Crippen LogP contribution in [0.4, 0.5) is 11.6 Å². The van der Waals surface area contributed by atoms with Crippen LogP contribution in [-0.2, 0) is 11.2 Å². The summed E-state index contributed by atoms with van der Waals surface area (Å²) >= 11 is 0. The van der Waals surface area contributed by atoms with E-state index in [1.807, 2.05) is 18.3 Å². The number of fused-ring (bicyclic) bond motifs is 1. The molecule has 1 aromatic carbocycles. The maximum Gasteiger partial charge on any atom is 0.229 e. The smallest absolute Gasteiger partial charge is 0.229 e. The van der Waals surface area contributed by atoms with Crippen LogP contribution in [0.2, 0.25) is 0 Å². The van der Waals surface area contributed by atoms with E-state index in [-0.39, 0.29) is 0 Å². The Bertz CT molecular complexity index is 949. The van der Waals surface area contributed by atoms with Gasteiger partial charge in [-0.05, 0) is 37.1 Å². The number of anilines is 2. The van der Waals surface area contributed by atoms with Gasteiger partial charge < -0.3 is 19.8 Å². The van der Waals surface area contributed by atoms with E-state index in [0.29, 0.717) is 12.0 Å². The van der Waals surface area contributed by atoms with Crippen LogP contribution in [0.25, 0.3) is 11.0 Å².